The van der Waals surface area contributed by atoms with Crippen LogP contribution in [0.1, 0.15) is 36.2 Å². The van der Waals surface area contributed by atoms with E-state index in [4.69, 9.17) is 5.11 Å². The Morgan fingerprint density at radius 1 is 1.41 bits per heavy atom. The monoisotopic (exact) mass is 237 g/mol. The SMILES string of the molecule is O=C(O)C1CCCCCN1C(=O)c1ccn[nH]1. The summed E-state index contributed by atoms with van der Waals surface area (Å²) in [5, 5.41) is 15.5. The van der Waals surface area contributed by atoms with Crippen molar-refractivity contribution in [1.29, 1.82) is 0 Å². The summed E-state index contributed by atoms with van der Waals surface area (Å²) in [5.74, 6) is -1.21. The van der Waals surface area contributed by atoms with E-state index in [-0.39, 0.29) is 5.91 Å². The van der Waals surface area contributed by atoms with Crippen LogP contribution < -0.4 is 0 Å². The van der Waals surface area contributed by atoms with Gasteiger partial charge < -0.3 is 10.0 Å². The fourth-order valence-electron chi connectivity index (χ4n) is 2.14. The number of carbonyl (C=O) groups is 2. The number of aromatic nitrogens is 2. The van der Waals surface area contributed by atoms with Crippen molar-refractivity contribution in [3.8, 4) is 0 Å². The molecule has 17 heavy (non-hydrogen) atoms. The molecular formula is C11H15N3O3. The van der Waals surface area contributed by atoms with Crippen molar-refractivity contribution < 1.29 is 14.7 Å². The summed E-state index contributed by atoms with van der Waals surface area (Å²) in [4.78, 5) is 24.7. The molecule has 1 fully saturated rings. The van der Waals surface area contributed by atoms with E-state index < -0.39 is 12.0 Å². The Kier molecular flexibility index (Phi) is 3.41. The molecule has 0 saturated carbocycles. The summed E-state index contributed by atoms with van der Waals surface area (Å²) in [6.07, 6.45) is 4.68. The van der Waals surface area contributed by atoms with Gasteiger partial charge in [0.2, 0.25) is 0 Å². The largest absolute Gasteiger partial charge is 0.480 e. The number of hydrogen-bond acceptors (Lipinski definition) is 3. The highest BCUT2D eigenvalue weighted by Gasteiger charge is 2.31. The maximum Gasteiger partial charge on any atom is 0.326 e. The third-order valence-electron chi connectivity index (χ3n) is 3.03. The van der Waals surface area contributed by atoms with E-state index in [0.717, 1.165) is 19.3 Å². The van der Waals surface area contributed by atoms with E-state index in [9.17, 15) is 9.59 Å². The normalized spacial score (nSPS) is 20.9. The summed E-state index contributed by atoms with van der Waals surface area (Å²) < 4.78 is 0. The van der Waals surface area contributed by atoms with Crippen LogP contribution in [-0.4, -0.2) is 44.7 Å². The van der Waals surface area contributed by atoms with Gasteiger partial charge in [0.05, 0.1) is 0 Å². The number of carbonyl (C=O) groups excluding carboxylic acids is 1. The average molecular weight is 237 g/mol. The number of carboxylic acids is 1. The van der Waals surface area contributed by atoms with Crippen LogP contribution in [0.2, 0.25) is 0 Å². The van der Waals surface area contributed by atoms with Crippen LogP contribution in [0.3, 0.4) is 0 Å². The zero-order valence-corrected chi connectivity index (χ0v) is 9.43. The Morgan fingerprint density at radius 2 is 2.24 bits per heavy atom. The van der Waals surface area contributed by atoms with Crippen molar-refractivity contribution in [3.05, 3.63) is 18.0 Å². The van der Waals surface area contributed by atoms with E-state index in [1.165, 1.54) is 11.1 Å². The van der Waals surface area contributed by atoms with Gasteiger partial charge in [-0.05, 0) is 18.9 Å². The topological polar surface area (TPSA) is 86.3 Å². The second-order valence-corrected chi connectivity index (χ2v) is 4.17. The van der Waals surface area contributed by atoms with Crippen LogP contribution in [0.5, 0.6) is 0 Å². The molecule has 0 aromatic carbocycles. The maximum atomic E-state index is 12.1. The Bertz CT molecular complexity index is 402. The molecule has 1 aliphatic heterocycles. The molecule has 1 aromatic heterocycles. The van der Waals surface area contributed by atoms with Crippen molar-refractivity contribution in [2.45, 2.75) is 31.7 Å². The average Bonchev–Trinajstić information content (AvgIpc) is 2.71. The van der Waals surface area contributed by atoms with Crippen LogP contribution >= 0.6 is 0 Å². The highest BCUT2D eigenvalue weighted by atomic mass is 16.4. The molecule has 1 aliphatic rings. The van der Waals surface area contributed by atoms with Gasteiger partial charge in [-0.25, -0.2) is 4.79 Å². The Morgan fingerprint density at radius 3 is 2.88 bits per heavy atom. The second kappa shape index (κ2) is 4.99. The Balaban J connectivity index is 2.20. The highest BCUT2D eigenvalue weighted by Crippen LogP contribution is 2.18. The van der Waals surface area contributed by atoms with Crippen molar-refractivity contribution in [1.82, 2.24) is 15.1 Å². The molecule has 2 heterocycles. The summed E-state index contributed by atoms with van der Waals surface area (Å²) in [7, 11) is 0. The fourth-order valence-corrected chi connectivity index (χ4v) is 2.14. The Hall–Kier alpha value is -1.85. The van der Waals surface area contributed by atoms with Crippen LogP contribution in [-0.2, 0) is 4.79 Å². The first-order valence-corrected chi connectivity index (χ1v) is 5.73. The number of rotatable bonds is 2. The molecule has 6 heteroatoms. The minimum Gasteiger partial charge on any atom is -0.480 e. The summed E-state index contributed by atoms with van der Waals surface area (Å²) in [6.45, 7) is 0.495. The first kappa shape index (κ1) is 11.6. The quantitative estimate of drug-likeness (QED) is 0.799. The van der Waals surface area contributed by atoms with Gasteiger partial charge in [0.15, 0.2) is 0 Å². The maximum absolute atomic E-state index is 12.1. The highest BCUT2D eigenvalue weighted by molar-refractivity contribution is 5.94. The standard InChI is InChI=1S/C11H15N3O3/c15-10(8-5-6-12-13-8)14-7-3-1-2-4-9(14)11(16)17/h5-6,9H,1-4,7H2,(H,12,13)(H,16,17). The van der Waals surface area contributed by atoms with Gasteiger partial charge in [-0.15, -0.1) is 0 Å². The number of aromatic amines is 1. The lowest BCUT2D eigenvalue weighted by molar-refractivity contribution is -0.142. The predicted molar refractivity (Wildman–Crippen MR) is 59.5 cm³/mol. The number of hydrogen-bond donors (Lipinski definition) is 2. The number of amides is 1. The molecule has 92 valence electrons. The van der Waals surface area contributed by atoms with Gasteiger partial charge in [-0.3, -0.25) is 9.89 Å². The zero-order chi connectivity index (χ0) is 12.3. The fraction of sp³-hybridized carbons (Fsp3) is 0.545. The molecule has 2 N–H and O–H groups in total. The molecule has 1 unspecified atom stereocenters. The smallest absolute Gasteiger partial charge is 0.326 e. The molecule has 0 spiro atoms. The van der Waals surface area contributed by atoms with Crippen molar-refractivity contribution >= 4 is 11.9 Å². The number of aliphatic carboxylic acids is 1. The van der Waals surface area contributed by atoms with Gasteiger partial charge in [0.25, 0.3) is 5.91 Å². The number of H-pyrrole nitrogens is 1. The van der Waals surface area contributed by atoms with E-state index in [1.54, 1.807) is 6.07 Å². The lowest BCUT2D eigenvalue weighted by Gasteiger charge is -2.26. The molecule has 2 rings (SSSR count). The lowest BCUT2D eigenvalue weighted by atomic mass is 10.1. The lowest BCUT2D eigenvalue weighted by Crippen LogP contribution is -2.44. The molecule has 1 atom stereocenters. The van der Waals surface area contributed by atoms with E-state index in [2.05, 4.69) is 10.2 Å². The third-order valence-corrected chi connectivity index (χ3v) is 3.03. The number of likely N-dealkylation sites (tertiary alicyclic amines) is 1. The van der Waals surface area contributed by atoms with Crippen LogP contribution in [0.4, 0.5) is 0 Å². The second-order valence-electron chi connectivity index (χ2n) is 4.17. The molecule has 0 bridgehead atoms. The van der Waals surface area contributed by atoms with Crippen LogP contribution in [0, 0.1) is 0 Å². The van der Waals surface area contributed by atoms with Crippen molar-refractivity contribution in [2.24, 2.45) is 0 Å². The van der Waals surface area contributed by atoms with E-state index >= 15 is 0 Å². The number of nitrogens with zero attached hydrogens (tertiary/aromatic N) is 2. The molecule has 1 amide bonds. The zero-order valence-electron chi connectivity index (χ0n) is 9.43. The van der Waals surface area contributed by atoms with Gasteiger partial charge in [0.1, 0.15) is 11.7 Å². The first-order valence-electron chi connectivity index (χ1n) is 5.73. The molecule has 1 aromatic rings. The first-order chi connectivity index (χ1) is 8.20. The van der Waals surface area contributed by atoms with Gasteiger partial charge in [0, 0.05) is 12.7 Å². The third kappa shape index (κ3) is 2.46. The van der Waals surface area contributed by atoms with Crippen LogP contribution in [0.25, 0.3) is 0 Å². The van der Waals surface area contributed by atoms with E-state index in [1.807, 2.05) is 0 Å². The summed E-state index contributed by atoms with van der Waals surface area (Å²) in [5.41, 5.74) is 0.346. The summed E-state index contributed by atoms with van der Waals surface area (Å²) >= 11 is 0. The molecular weight excluding hydrogens is 222 g/mol. The number of carboxylic acid groups (broad SMARTS) is 1. The van der Waals surface area contributed by atoms with Gasteiger partial charge >= 0.3 is 5.97 Å². The van der Waals surface area contributed by atoms with Crippen molar-refractivity contribution in [2.75, 3.05) is 6.54 Å². The van der Waals surface area contributed by atoms with Gasteiger partial charge in [-0.1, -0.05) is 12.8 Å². The minimum absolute atomic E-state index is 0.281. The number of nitrogens with one attached hydrogen (secondary N) is 1. The molecule has 0 aliphatic carbocycles. The molecule has 6 nitrogen and oxygen atoms in total. The molecule has 1 saturated heterocycles. The molecule has 0 radical (unpaired) electrons. The Labute approximate surface area is 98.6 Å². The predicted octanol–water partition coefficient (Wildman–Crippen LogP) is 0.879. The van der Waals surface area contributed by atoms with Crippen molar-refractivity contribution in [3.63, 3.8) is 0 Å². The van der Waals surface area contributed by atoms with Gasteiger partial charge in [-0.2, -0.15) is 5.10 Å². The summed E-state index contributed by atoms with van der Waals surface area (Å²) in [6, 6.07) is 0.847. The minimum atomic E-state index is -0.931. The van der Waals surface area contributed by atoms with E-state index in [0.29, 0.717) is 18.7 Å². The van der Waals surface area contributed by atoms with Crippen LogP contribution in [0.15, 0.2) is 12.3 Å².